The van der Waals surface area contributed by atoms with Crippen LogP contribution in [0, 0.1) is 6.92 Å². The van der Waals surface area contributed by atoms with Gasteiger partial charge < -0.3 is 10.7 Å². The summed E-state index contributed by atoms with van der Waals surface area (Å²) in [5, 5.41) is 0. The molecule has 2 rings (SSSR count). The number of nitrogens with one attached hydrogen (secondary N) is 1. The summed E-state index contributed by atoms with van der Waals surface area (Å²) in [5.74, 6) is 1.47. The van der Waals surface area contributed by atoms with Gasteiger partial charge >= 0.3 is 0 Å². The first kappa shape index (κ1) is 12.1. The van der Waals surface area contributed by atoms with Crippen molar-refractivity contribution in [2.24, 2.45) is 4.99 Å². The zero-order chi connectivity index (χ0) is 12.1. The maximum atomic E-state index is 5.65. The quantitative estimate of drug-likeness (QED) is 0.728. The minimum Gasteiger partial charge on any atom is -0.380 e. The number of aryl methyl sites for hydroxylation is 1. The van der Waals surface area contributed by atoms with Crippen molar-refractivity contribution in [3.63, 3.8) is 0 Å². The number of aliphatic imine (C=N–C) groups is 1. The van der Waals surface area contributed by atoms with Crippen molar-refractivity contribution in [3.8, 4) is 0 Å². The van der Waals surface area contributed by atoms with Gasteiger partial charge in [0.2, 0.25) is 0 Å². The smallest absolute Gasteiger partial charge is 0.199 e. The van der Waals surface area contributed by atoms with Gasteiger partial charge in [-0.05, 0) is 13.8 Å². The second-order valence-electron chi connectivity index (χ2n) is 2.81. The Bertz CT molecular complexity index is 508. The average Bonchev–Trinajstić information content (AvgIpc) is 2.61. The number of fused-ring (bicyclic) bond motifs is 1. The van der Waals surface area contributed by atoms with Crippen LogP contribution in [0.25, 0.3) is 11.3 Å². The van der Waals surface area contributed by atoms with Crippen LogP contribution in [0.1, 0.15) is 29.4 Å². The van der Waals surface area contributed by atoms with Crippen molar-refractivity contribution >= 4 is 29.1 Å². The van der Waals surface area contributed by atoms with E-state index in [0.717, 1.165) is 5.82 Å². The van der Waals surface area contributed by atoms with Gasteiger partial charge in [-0.15, -0.1) is 0 Å². The van der Waals surface area contributed by atoms with Crippen molar-refractivity contribution < 1.29 is 2.85 Å². The number of nitrogens with two attached hydrogens (primary N) is 1. The first-order valence-corrected chi connectivity index (χ1v) is 5.19. The molecule has 2 aromatic rings. The number of imidazole rings is 1. The summed E-state index contributed by atoms with van der Waals surface area (Å²) in [7, 11) is 0. The molecule has 0 aliphatic carbocycles. The van der Waals surface area contributed by atoms with Gasteiger partial charge in [-0.2, -0.15) is 0 Å². The highest BCUT2D eigenvalue weighted by Crippen LogP contribution is 2.19. The van der Waals surface area contributed by atoms with Gasteiger partial charge in [-0.3, -0.25) is 0 Å². The predicted molar refractivity (Wildman–Crippen MR) is 70.2 cm³/mol. The molecule has 0 amide bonds. The van der Waals surface area contributed by atoms with Crippen LogP contribution in [-0.2, 0) is 0 Å². The largest absolute Gasteiger partial charge is 0.380 e. The van der Waals surface area contributed by atoms with Gasteiger partial charge in [0.25, 0.3) is 0 Å². The van der Waals surface area contributed by atoms with E-state index in [9.17, 15) is 0 Å². The lowest BCUT2D eigenvalue weighted by Crippen LogP contribution is -1.94. The van der Waals surface area contributed by atoms with Crippen molar-refractivity contribution in [2.75, 3.05) is 5.73 Å². The number of nitrogens with zero attached hydrogens (tertiary/aromatic N) is 4. The fraction of sp³-hybridized carbons (Fsp3) is 0.400. The molecule has 6 heteroatoms. The Morgan fingerprint density at radius 1 is 1.31 bits per heavy atom. The zero-order valence-electron chi connectivity index (χ0n) is 9.94. The molecule has 0 saturated heterocycles. The maximum Gasteiger partial charge on any atom is 0.199 e. The number of aromatic nitrogens is 4. The van der Waals surface area contributed by atoms with Crippen LogP contribution >= 0.6 is 0 Å². The highest BCUT2D eigenvalue weighted by atomic mass is 15.1. The van der Waals surface area contributed by atoms with Crippen LogP contribution in [0.2, 0.25) is 0 Å². The number of nitrogen functional groups attached to an aromatic ring is 1. The Balaban J connectivity index is 0. The lowest BCUT2D eigenvalue weighted by atomic mass is 10.5. The monoisotopic (exact) mass is 224 g/mol. The topological polar surface area (TPSA) is 92.8 Å². The summed E-state index contributed by atoms with van der Waals surface area (Å²) in [6.45, 7) is 7.63. The van der Waals surface area contributed by atoms with E-state index in [1.807, 2.05) is 20.8 Å². The number of anilines is 1. The molecule has 0 atom stereocenters. The Labute approximate surface area is 97.0 Å². The Kier molecular flexibility index (Phi) is 3.93. The minimum atomic E-state index is 0. The van der Waals surface area contributed by atoms with Crippen molar-refractivity contribution in [3.05, 3.63) is 5.82 Å². The minimum absolute atomic E-state index is 0. The number of rotatable bonds is 1. The zero-order valence-corrected chi connectivity index (χ0v) is 9.94. The second kappa shape index (κ2) is 5.20. The first-order chi connectivity index (χ1) is 7.70. The molecule has 0 aliphatic rings. The maximum absolute atomic E-state index is 5.65. The van der Waals surface area contributed by atoms with E-state index in [1.165, 1.54) is 0 Å². The van der Waals surface area contributed by atoms with E-state index < -0.39 is 0 Å². The second-order valence-corrected chi connectivity index (χ2v) is 2.81. The molecule has 0 fully saturated rings. The standard InChI is InChI=1S/C8H10N6.C2H6.2H2/c1-3-10-6-5(9)13-7-8(14-6)12-4(2)11-7;1-2;;/h3H,1-2H3,(H3,9,11,12,13,14);1-2H3;2*1H/b10-3+;;;. The van der Waals surface area contributed by atoms with Crippen LogP contribution in [0.3, 0.4) is 0 Å². The normalized spacial score (nSPS) is 10.5. The molecule has 16 heavy (non-hydrogen) atoms. The fourth-order valence-electron chi connectivity index (χ4n) is 1.17. The fourth-order valence-corrected chi connectivity index (χ4v) is 1.17. The third-order valence-electron chi connectivity index (χ3n) is 1.71. The summed E-state index contributed by atoms with van der Waals surface area (Å²) >= 11 is 0. The molecule has 0 spiro atoms. The summed E-state index contributed by atoms with van der Waals surface area (Å²) in [6, 6.07) is 0. The summed E-state index contributed by atoms with van der Waals surface area (Å²) in [6.07, 6.45) is 1.62. The van der Waals surface area contributed by atoms with E-state index >= 15 is 0 Å². The van der Waals surface area contributed by atoms with Gasteiger partial charge in [0, 0.05) is 9.07 Å². The molecule has 90 valence electrons. The highest BCUT2D eigenvalue weighted by molar-refractivity contribution is 5.74. The van der Waals surface area contributed by atoms with Gasteiger partial charge in [0.05, 0.1) is 0 Å². The summed E-state index contributed by atoms with van der Waals surface area (Å²) in [4.78, 5) is 19.3. The highest BCUT2D eigenvalue weighted by Gasteiger charge is 2.07. The first-order valence-electron chi connectivity index (χ1n) is 5.19. The molecule has 0 saturated carbocycles. The van der Waals surface area contributed by atoms with E-state index in [2.05, 4.69) is 24.9 Å². The molecule has 2 aromatic heterocycles. The Hall–Kier alpha value is -1.98. The number of aromatic amines is 1. The van der Waals surface area contributed by atoms with Crippen LogP contribution in [0.5, 0.6) is 0 Å². The van der Waals surface area contributed by atoms with Gasteiger partial charge in [0.15, 0.2) is 22.9 Å². The lowest BCUT2D eigenvalue weighted by molar-refractivity contribution is 1.16. The third-order valence-corrected chi connectivity index (χ3v) is 1.71. The van der Waals surface area contributed by atoms with Gasteiger partial charge in [0.1, 0.15) is 5.82 Å². The molecule has 6 nitrogen and oxygen atoms in total. The number of hydrogen-bond acceptors (Lipinski definition) is 5. The molecular formula is C10H20N6. The number of hydrogen-bond donors (Lipinski definition) is 2. The van der Waals surface area contributed by atoms with E-state index in [4.69, 9.17) is 5.73 Å². The van der Waals surface area contributed by atoms with Crippen LogP contribution in [-0.4, -0.2) is 26.2 Å². The average molecular weight is 224 g/mol. The van der Waals surface area contributed by atoms with E-state index in [-0.39, 0.29) is 2.85 Å². The Morgan fingerprint density at radius 3 is 2.62 bits per heavy atom. The SMILES string of the molecule is C/C=N/c1nc2nc(C)[nH]c2nc1N.CC.[HH].[HH]. The van der Waals surface area contributed by atoms with Crippen LogP contribution in [0.4, 0.5) is 11.6 Å². The van der Waals surface area contributed by atoms with Crippen LogP contribution < -0.4 is 5.73 Å². The van der Waals surface area contributed by atoms with Crippen molar-refractivity contribution in [1.82, 2.24) is 19.9 Å². The molecule has 0 radical (unpaired) electrons. The van der Waals surface area contributed by atoms with E-state index in [1.54, 1.807) is 13.1 Å². The molecule has 0 aliphatic heterocycles. The summed E-state index contributed by atoms with van der Waals surface area (Å²) < 4.78 is 0. The van der Waals surface area contributed by atoms with Gasteiger partial charge in [-0.25, -0.2) is 19.9 Å². The lowest BCUT2D eigenvalue weighted by Gasteiger charge is -1.96. The number of H-pyrrole nitrogens is 1. The van der Waals surface area contributed by atoms with E-state index in [0.29, 0.717) is 22.9 Å². The molecular weight excluding hydrogens is 204 g/mol. The van der Waals surface area contributed by atoms with Crippen molar-refractivity contribution in [1.29, 1.82) is 0 Å². The Morgan fingerprint density at radius 2 is 2.00 bits per heavy atom. The summed E-state index contributed by atoms with van der Waals surface area (Å²) in [5.41, 5.74) is 6.78. The molecule has 0 bridgehead atoms. The predicted octanol–water partition coefficient (Wildman–Crippen LogP) is 2.48. The van der Waals surface area contributed by atoms with Crippen LogP contribution in [0.15, 0.2) is 4.99 Å². The molecule has 3 N–H and O–H groups in total. The molecule has 2 heterocycles. The molecule has 0 unspecified atom stereocenters. The van der Waals surface area contributed by atoms with Crippen molar-refractivity contribution in [2.45, 2.75) is 27.7 Å². The molecule has 0 aromatic carbocycles. The van der Waals surface area contributed by atoms with Gasteiger partial charge in [-0.1, -0.05) is 13.8 Å². The third kappa shape index (κ3) is 2.33.